The van der Waals surface area contributed by atoms with Crippen molar-refractivity contribution in [3.63, 3.8) is 0 Å². The number of thiazole rings is 1. The smallest absolute Gasteiger partial charge is 0.312 e. The number of hydrogen-bond acceptors (Lipinski definition) is 5. The minimum atomic E-state index is -0.728. The van der Waals surface area contributed by atoms with E-state index in [1.165, 1.54) is 11.3 Å². The second-order valence-corrected chi connectivity index (χ2v) is 7.25. The quantitative estimate of drug-likeness (QED) is 0.909. The normalized spacial score (nSPS) is 31.8. The van der Waals surface area contributed by atoms with Crippen molar-refractivity contribution in [3.8, 4) is 0 Å². The SMILES string of the molecule is O=C(O)C1CCCc2sc(N3CCOC4CCCC43)nc21. The number of anilines is 1. The summed E-state index contributed by atoms with van der Waals surface area (Å²) in [6.07, 6.45) is 6.53. The highest BCUT2D eigenvalue weighted by Crippen LogP contribution is 2.41. The van der Waals surface area contributed by atoms with E-state index in [4.69, 9.17) is 9.72 Å². The number of carbonyl (C=O) groups is 1. The van der Waals surface area contributed by atoms with Gasteiger partial charge in [-0.3, -0.25) is 4.79 Å². The molecular formula is C15H20N2O3S. The van der Waals surface area contributed by atoms with Crippen molar-refractivity contribution in [2.45, 2.75) is 56.6 Å². The largest absolute Gasteiger partial charge is 0.481 e. The predicted molar refractivity (Wildman–Crippen MR) is 80.2 cm³/mol. The second kappa shape index (κ2) is 5.25. The van der Waals surface area contributed by atoms with Crippen LogP contribution >= 0.6 is 11.3 Å². The van der Waals surface area contributed by atoms with Crippen molar-refractivity contribution in [1.82, 2.24) is 4.98 Å². The van der Waals surface area contributed by atoms with Crippen molar-refractivity contribution >= 4 is 22.4 Å². The number of nitrogens with zero attached hydrogens (tertiary/aromatic N) is 2. The number of hydrogen-bond donors (Lipinski definition) is 1. The first-order valence-corrected chi connectivity index (χ1v) is 8.66. The summed E-state index contributed by atoms with van der Waals surface area (Å²) < 4.78 is 5.86. The van der Waals surface area contributed by atoms with Gasteiger partial charge in [0.05, 0.1) is 24.4 Å². The molecule has 1 aromatic rings. The van der Waals surface area contributed by atoms with Crippen molar-refractivity contribution in [3.05, 3.63) is 10.6 Å². The van der Waals surface area contributed by atoms with Crippen LogP contribution in [0, 0.1) is 0 Å². The van der Waals surface area contributed by atoms with E-state index < -0.39 is 11.9 Å². The maximum absolute atomic E-state index is 11.4. The molecule has 1 saturated heterocycles. The molecule has 3 atom stereocenters. The molecule has 2 heterocycles. The minimum Gasteiger partial charge on any atom is -0.481 e. The third-order valence-electron chi connectivity index (χ3n) is 4.97. The maximum atomic E-state index is 11.4. The minimum absolute atomic E-state index is 0.343. The van der Waals surface area contributed by atoms with Gasteiger partial charge in [0.1, 0.15) is 5.92 Å². The monoisotopic (exact) mass is 308 g/mol. The molecule has 4 rings (SSSR count). The first-order valence-electron chi connectivity index (χ1n) is 7.84. The Morgan fingerprint density at radius 1 is 1.33 bits per heavy atom. The highest BCUT2D eigenvalue weighted by atomic mass is 32.1. The molecule has 0 aromatic carbocycles. The zero-order chi connectivity index (χ0) is 14.4. The number of aliphatic carboxylic acids is 1. The number of fused-ring (bicyclic) bond motifs is 2. The Kier molecular flexibility index (Phi) is 3.38. The summed E-state index contributed by atoms with van der Waals surface area (Å²) in [5.74, 6) is -1.13. The molecule has 6 heteroatoms. The number of morpholine rings is 1. The molecule has 0 amide bonds. The fourth-order valence-electron chi connectivity index (χ4n) is 3.93. The fraction of sp³-hybridized carbons (Fsp3) is 0.733. The zero-order valence-electron chi connectivity index (χ0n) is 12.0. The number of aryl methyl sites for hydroxylation is 1. The van der Waals surface area contributed by atoms with Crippen molar-refractivity contribution in [2.75, 3.05) is 18.1 Å². The summed E-state index contributed by atoms with van der Waals surface area (Å²) in [6.45, 7) is 1.64. The molecule has 1 aromatic heterocycles. The van der Waals surface area contributed by atoms with Gasteiger partial charge in [-0.2, -0.15) is 0 Å². The van der Waals surface area contributed by atoms with Crippen LogP contribution in [-0.4, -0.2) is 41.4 Å². The number of carboxylic acid groups (broad SMARTS) is 1. The average molecular weight is 308 g/mol. The standard InChI is InChI=1S/C15H20N2O3S/c18-14(19)9-3-1-6-12-13(9)16-15(21-12)17-7-8-20-11-5-2-4-10(11)17/h9-11H,1-8H2,(H,18,19). The Labute approximate surface area is 127 Å². The number of carboxylic acids is 1. The van der Waals surface area contributed by atoms with Crippen LogP contribution < -0.4 is 4.90 Å². The van der Waals surface area contributed by atoms with Crippen LogP contribution in [0.15, 0.2) is 0 Å². The summed E-state index contributed by atoms with van der Waals surface area (Å²) in [5, 5.41) is 10.4. The van der Waals surface area contributed by atoms with Gasteiger partial charge in [0.25, 0.3) is 0 Å². The van der Waals surface area contributed by atoms with Crippen LogP contribution in [0.1, 0.15) is 48.6 Å². The Morgan fingerprint density at radius 3 is 3.10 bits per heavy atom. The molecule has 0 bridgehead atoms. The lowest BCUT2D eigenvalue weighted by atomic mass is 9.91. The first kappa shape index (κ1) is 13.5. The van der Waals surface area contributed by atoms with E-state index >= 15 is 0 Å². The van der Waals surface area contributed by atoms with E-state index in [0.717, 1.165) is 56.1 Å². The van der Waals surface area contributed by atoms with E-state index in [2.05, 4.69) is 4.90 Å². The molecule has 0 spiro atoms. The highest BCUT2D eigenvalue weighted by molar-refractivity contribution is 7.15. The van der Waals surface area contributed by atoms with Gasteiger partial charge in [-0.05, 0) is 38.5 Å². The molecule has 3 aliphatic rings. The molecule has 114 valence electrons. The number of rotatable bonds is 2. The molecule has 5 nitrogen and oxygen atoms in total. The molecule has 3 unspecified atom stereocenters. The van der Waals surface area contributed by atoms with E-state index in [9.17, 15) is 9.90 Å². The van der Waals surface area contributed by atoms with Crippen LogP contribution in [0.3, 0.4) is 0 Å². The third-order valence-corrected chi connectivity index (χ3v) is 6.14. The lowest BCUT2D eigenvalue weighted by Crippen LogP contribution is -2.48. The fourth-order valence-corrected chi connectivity index (χ4v) is 5.18. The molecule has 1 aliphatic heterocycles. The Hall–Kier alpha value is -1.14. The van der Waals surface area contributed by atoms with Gasteiger partial charge in [-0.1, -0.05) is 0 Å². The summed E-state index contributed by atoms with van der Waals surface area (Å²) in [5.41, 5.74) is 0.829. The van der Waals surface area contributed by atoms with Crippen molar-refractivity contribution in [1.29, 1.82) is 0 Å². The topological polar surface area (TPSA) is 62.7 Å². The van der Waals surface area contributed by atoms with Gasteiger partial charge >= 0.3 is 5.97 Å². The van der Waals surface area contributed by atoms with Gasteiger partial charge in [0, 0.05) is 11.4 Å². The third kappa shape index (κ3) is 2.25. The van der Waals surface area contributed by atoms with Crippen LogP contribution in [-0.2, 0) is 16.0 Å². The molecule has 1 N–H and O–H groups in total. The summed E-state index contributed by atoms with van der Waals surface area (Å²) >= 11 is 1.71. The van der Waals surface area contributed by atoms with Gasteiger partial charge < -0.3 is 14.7 Å². The summed E-state index contributed by atoms with van der Waals surface area (Å²) in [4.78, 5) is 19.7. The van der Waals surface area contributed by atoms with Crippen LogP contribution in [0.2, 0.25) is 0 Å². The number of aromatic nitrogens is 1. The lowest BCUT2D eigenvalue weighted by Gasteiger charge is -2.37. The van der Waals surface area contributed by atoms with Crippen LogP contribution in [0.25, 0.3) is 0 Å². The Balaban J connectivity index is 1.65. The predicted octanol–water partition coefficient (Wildman–Crippen LogP) is 2.41. The molecule has 1 saturated carbocycles. The molecule has 0 radical (unpaired) electrons. The van der Waals surface area contributed by atoms with Gasteiger partial charge in [0.15, 0.2) is 5.13 Å². The molecule has 2 aliphatic carbocycles. The highest BCUT2D eigenvalue weighted by Gasteiger charge is 2.39. The Morgan fingerprint density at radius 2 is 2.24 bits per heavy atom. The lowest BCUT2D eigenvalue weighted by molar-refractivity contribution is -0.139. The average Bonchev–Trinajstić information content (AvgIpc) is 3.12. The molecule has 2 fully saturated rings. The van der Waals surface area contributed by atoms with E-state index in [-0.39, 0.29) is 0 Å². The van der Waals surface area contributed by atoms with Gasteiger partial charge in [-0.25, -0.2) is 4.98 Å². The van der Waals surface area contributed by atoms with Crippen molar-refractivity contribution < 1.29 is 14.6 Å². The molecule has 21 heavy (non-hydrogen) atoms. The van der Waals surface area contributed by atoms with Crippen LogP contribution in [0.4, 0.5) is 5.13 Å². The molecular weight excluding hydrogens is 288 g/mol. The van der Waals surface area contributed by atoms with E-state index in [0.29, 0.717) is 12.1 Å². The van der Waals surface area contributed by atoms with Gasteiger partial charge in [0.2, 0.25) is 0 Å². The second-order valence-electron chi connectivity index (χ2n) is 6.19. The van der Waals surface area contributed by atoms with Crippen LogP contribution in [0.5, 0.6) is 0 Å². The Bertz CT molecular complexity index is 559. The first-order chi connectivity index (χ1) is 10.2. The van der Waals surface area contributed by atoms with E-state index in [1.807, 2.05) is 0 Å². The summed E-state index contributed by atoms with van der Waals surface area (Å²) in [7, 11) is 0. The van der Waals surface area contributed by atoms with Gasteiger partial charge in [-0.15, -0.1) is 11.3 Å². The summed E-state index contributed by atoms with van der Waals surface area (Å²) in [6, 6.07) is 0.439. The van der Waals surface area contributed by atoms with Crippen molar-refractivity contribution in [2.24, 2.45) is 0 Å². The number of ether oxygens (including phenoxy) is 1. The zero-order valence-corrected chi connectivity index (χ0v) is 12.8. The van der Waals surface area contributed by atoms with E-state index in [1.54, 1.807) is 11.3 Å². The maximum Gasteiger partial charge on any atom is 0.312 e.